The topological polar surface area (TPSA) is 71.0 Å². The van der Waals surface area contributed by atoms with Crippen LogP contribution in [0.3, 0.4) is 0 Å². The molecular formula is C27H36F3N5O. The predicted octanol–water partition coefficient (Wildman–Crippen LogP) is 4.38. The summed E-state index contributed by atoms with van der Waals surface area (Å²) < 4.78 is 37.6. The van der Waals surface area contributed by atoms with E-state index in [-0.39, 0.29) is 18.4 Å². The molecule has 0 saturated heterocycles. The fraction of sp³-hybridized carbons (Fsp3) is 0.630. The quantitative estimate of drug-likeness (QED) is 0.579. The van der Waals surface area contributed by atoms with Crippen molar-refractivity contribution in [1.82, 2.24) is 25.2 Å². The monoisotopic (exact) mass is 503 g/mol. The van der Waals surface area contributed by atoms with Gasteiger partial charge in [0.05, 0.1) is 6.42 Å². The van der Waals surface area contributed by atoms with Crippen molar-refractivity contribution in [3.63, 3.8) is 0 Å². The summed E-state index contributed by atoms with van der Waals surface area (Å²) in [5.74, 6) is 1.40. The molecule has 196 valence electrons. The van der Waals surface area contributed by atoms with E-state index in [2.05, 4.69) is 25.2 Å². The Balaban J connectivity index is 1.15. The Bertz CT molecular complexity index is 1000. The number of pyridine rings is 1. The summed E-state index contributed by atoms with van der Waals surface area (Å²) in [7, 11) is 0. The molecule has 3 heterocycles. The zero-order valence-corrected chi connectivity index (χ0v) is 21.0. The third-order valence-electron chi connectivity index (χ3n) is 7.42. The summed E-state index contributed by atoms with van der Waals surface area (Å²) in [5, 5.41) is 3.17. The number of hydrogen-bond donors (Lipinski definition) is 1. The summed E-state index contributed by atoms with van der Waals surface area (Å²) in [6, 6.07) is 3.97. The fourth-order valence-electron chi connectivity index (χ4n) is 5.24. The molecule has 0 radical (unpaired) electrons. The molecule has 2 aromatic rings. The van der Waals surface area contributed by atoms with Crippen molar-refractivity contribution >= 4 is 5.91 Å². The van der Waals surface area contributed by atoms with Gasteiger partial charge in [0.1, 0.15) is 5.82 Å². The summed E-state index contributed by atoms with van der Waals surface area (Å²) >= 11 is 0. The summed E-state index contributed by atoms with van der Waals surface area (Å²) in [5.41, 5.74) is 3.50. The molecule has 4 rings (SSSR count). The molecule has 6 nitrogen and oxygen atoms in total. The lowest BCUT2D eigenvalue weighted by molar-refractivity contribution is -0.134. The second-order valence-corrected chi connectivity index (χ2v) is 10.3. The fourth-order valence-corrected chi connectivity index (χ4v) is 5.24. The van der Waals surface area contributed by atoms with Gasteiger partial charge in [-0.3, -0.25) is 9.78 Å². The number of aromatic nitrogens is 3. The molecule has 0 unspecified atom stereocenters. The van der Waals surface area contributed by atoms with E-state index in [0.717, 1.165) is 75.8 Å². The van der Waals surface area contributed by atoms with Crippen LogP contribution in [0.1, 0.15) is 66.9 Å². The molecule has 0 spiro atoms. The molecule has 0 atom stereocenters. The van der Waals surface area contributed by atoms with Crippen LogP contribution in [0.15, 0.2) is 24.5 Å². The third-order valence-corrected chi connectivity index (χ3v) is 7.42. The van der Waals surface area contributed by atoms with E-state index >= 15 is 0 Å². The molecule has 1 N–H and O–H groups in total. The van der Waals surface area contributed by atoms with Gasteiger partial charge >= 0.3 is 6.18 Å². The number of alkyl halides is 3. The number of nitrogens with one attached hydrogen (secondary N) is 1. The minimum atomic E-state index is -4.15. The Morgan fingerprint density at radius 1 is 1.08 bits per heavy atom. The second-order valence-electron chi connectivity index (χ2n) is 10.3. The molecule has 36 heavy (non-hydrogen) atoms. The Labute approximate surface area is 211 Å². The maximum Gasteiger partial charge on any atom is 0.389 e. The van der Waals surface area contributed by atoms with Crippen LogP contribution < -0.4 is 5.32 Å². The van der Waals surface area contributed by atoms with Gasteiger partial charge in [0.25, 0.3) is 0 Å². The lowest BCUT2D eigenvalue weighted by Gasteiger charge is -2.30. The number of hydrogen-bond acceptors (Lipinski definition) is 5. The number of amides is 1. The summed E-state index contributed by atoms with van der Waals surface area (Å²) in [6.45, 7) is 4.72. The van der Waals surface area contributed by atoms with Gasteiger partial charge in [-0.15, -0.1) is 0 Å². The van der Waals surface area contributed by atoms with Crippen LogP contribution in [0, 0.1) is 12.8 Å². The van der Waals surface area contributed by atoms with E-state index in [4.69, 9.17) is 0 Å². The van der Waals surface area contributed by atoms with Gasteiger partial charge < -0.3 is 10.2 Å². The SMILES string of the molecule is Cc1ncc(CC(=O)N[C@H]2CC[C@H](CCN3CCc4ccc(CCC(F)(F)F)nc4CC3)CC2)cn1. The van der Waals surface area contributed by atoms with Crippen molar-refractivity contribution in [2.45, 2.75) is 83.4 Å². The zero-order chi connectivity index (χ0) is 25.5. The van der Waals surface area contributed by atoms with E-state index in [1.807, 2.05) is 13.0 Å². The molecule has 2 aliphatic rings. The van der Waals surface area contributed by atoms with Crippen LogP contribution >= 0.6 is 0 Å². The first-order valence-corrected chi connectivity index (χ1v) is 13.1. The molecule has 1 fully saturated rings. The average Bonchev–Trinajstić information content (AvgIpc) is 3.05. The van der Waals surface area contributed by atoms with E-state index in [1.165, 1.54) is 5.56 Å². The lowest BCUT2D eigenvalue weighted by atomic mass is 9.84. The van der Waals surface area contributed by atoms with Gasteiger partial charge in [-0.25, -0.2) is 9.97 Å². The second kappa shape index (κ2) is 12.1. The number of halogens is 3. The zero-order valence-electron chi connectivity index (χ0n) is 21.0. The smallest absolute Gasteiger partial charge is 0.353 e. The molecular weight excluding hydrogens is 467 g/mol. The van der Waals surface area contributed by atoms with Crippen molar-refractivity contribution in [2.75, 3.05) is 19.6 Å². The first-order valence-electron chi connectivity index (χ1n) is 13.1. The maximum absolute atomic E-state index is 12.5. The molecule has 1 aliphatic carbocycles. The third kappa shape index (κ3) is 8.25. The van der Waals surface area contributed by atoms with E-state index in [9.17, 15) is 18.0 Å². The van der Waals surface area contributed by atoms with Crippen molar-refractivity contribution < 1.29 is 18.0 Å². The lowest BCUT2D eigenvalue weighted by Crippen LogP contribution is -2.39. The largest absolute Gasteiger partial charge is 0.389 e. The number of fused-ring (bicyclic) bond motifs is 1. The van der Waals surface area contributed by atoms with E-state index in [1.54, 1.807) is 18.5 Å². The molecule has 9 heteroatoms. The van der Waals surface area contributed by atoms with Crippen LogP contribution in [0.2, 0.25) is 0 Å². The summed E-state index contributed by atoms with van der Waals surface area (Å²) in [6.07, 6.45) is 5.81. The Kier molecular flexibility index (Phi) is 8.93. The van der Waals surface area contributed by atoms with Crippen molar-refractivity contribution in [3.8, 4) is 0 Å². The normalized spacial score (nSPS) is 21.0. The first-order chi connectivity index (χ1) is 17.2. The van der Waals surface area contributed by atoms with Crippen molar-refractivity contribution in [2.24, 2.45) is 5.92 Å². The Hall–Kier alpha value is -2.55. The van der Waals surface area contributed by atoms with Crippen LogP contribution in [-0.4, -0.2) is 57.6 Å². The first kappa shape index (κ1) is 26.5. The predicted molar refractivity (Wildman–Crippen MR) is 131 cm³/mol. The minimum Gasteiger partial charge on any atom is -0.353 e. The van der Waals surface area contributed by atoms with Crippen molar-refractivity contribution in [3.05, 3.63) is 52.9 Å². The van der Waals surface area contributed by atoms with Crippen LogP contribution in [0.25, 0.3) is 0 Å². The van der Waals surface area contributed by atoms with Gasteiger partial charge in [0.15, 0.2) is 0 Å². The summed E-state index contributed by atoms with van der Waals surface area (Å²) in [4.78, 5) is 27.7. The molecule has 0 aromatic carbocycles. The van der Waals surface area contributed by atoms with Crippen LogP contribution in [0.5, 0.6) is 0 Å². The average molecular weight is 504 g/mol. The van der Waals surface area contributed by atoms with Gasteiger partial charge in [-0.1, -0.05) is 6.07 Å². The van der Waals surface area contributed by atoms with Gasteiger partial charge in [-0.05, 0) is 81.5 Å². The number of nitrogens with zero attached hydrogens (tertiary/aromatic N) is 4. The van der Waals surface area contributed by atoms with E-state index < -0.39 is 12.6 Å². The maximum atomic E-state index is 12.5. The Morgan fingerprint density at radius 2 is 1.81 bits per heavy atom. The highest BCUT2D eigenvalue weighted by molar-refractivity contribution is 5.78. The van der Waals surface area contributed by atoms with Gasteiger partial charge in [0.2, 0.25) is 5.91 Å². The number of carbonyl (C=O) groups excluding carboxylic acids is 1. The molecule has 0 bridgehead atoms. The molecule has 1 saturated carbocycles. The molecule has 1 amide bonds. The molecule has 2 aromatic heterocycles. The number of carbonyl (C=O) groups is 1. The van der Waals surface area contributed by atoms with E-state index in [0.29, 0.717) is 23.9 Å². The van der Waals surface area contributed by atoms with Crippen LogP contribution in [0.4, 0.5) is 13.2 Å². The van der Waals surface area contributed by atoms with Crippen molar-refractivity contribution in [1.29, 1.82) is 0 Å². The molecule has 1 aliphatic heterocycles. The highest BCUT2D eigenvalue weighted by atomic mass is 19.4. The highest BCUT2D eigenvalue weighted by Crippen LogP contribution is 2.28. The number of aryl methyl sites for hydroxylation is 2. The minimum absolute atomic E-state index is 0.0326. The Morgan fingerprint density at radius 3 is 2.53 bits per heavy atom. The highest BCUT2D eigenvalue weighted by Gasteiger charge is 2.27. The number of rotatable bonds is 8. The van der Waals surface area contributed by atoms with Gasteiger partial charge in [-0.2, -0.15) is 13.2 Å². The standard InChI is InChI=1S/C27H36F3N5O/c1-19-31-17-21(18-32-19)16-26(36)34-23-5-2-20(3-6-23)9-13-35-14-10-22-4-7-24(8-12-27(28,29)30)33-25(22)11-15-35/h4,7,17-18,20,23H,2-3,5-6,8-16H2,1H3,(H,34,36)/t20-,23-. The van der Waals surface area contributed by atoms with Gasteiger partial charge in [0, 0.05) is 55.8 Å². The van der Waals surface area contributed by atoms with Crippen LogP contribution in [-0.2, 0) is 30.5 Å².